The van der Waals surface area contributed by atoms with Crippen LogP contribution in [0.4, 0.5) is 5.69 Å². The zero-order valence-corrected chi connectivity index (χ0v) is 17.1. The summed E-state index contributed by atoms with van der Waals surface area (Å²) in [5.41, 5.74) is 0.518. The van der Waals surface area contributed by atoms with Crippen molar-refractivity contribution >= 4 is 34.0 Å². The first-order chi connectivity index (χ1) is 12.2. The van der Waals surface area contributed by atoms with E-state index in [2.05, 4.69) is 25.5 Å². The quantitative estimate of drug-likeness (QED) is 0.595. The van der Waals surface area contributed by atoms with Crippen LogP contribution in [-0.4, -0.2) is 37.6 Å². The number of hydrogen-bond donors (Lipinski definition) is 3. The maximum atomic E-state index is 12.5. The Hall–Kier alpha value is -2.01. The molecule has 0 fully saturated rings. The first-order valence-electron chi connectivity index (χ1n) is 8.11. The second-order valence-corrected chi connectivity index (χ2v) is 7.71. The number of carbonyl (C=O) groups is 1. The van der Waals surface area contributed by atoms with Crippen LogP contribution in [-0.2, 0) is 21.2 Å². The van der Waals surface area contributed by atoms with Gasteiger partial charge in [0.2, 0.25) is 21.8 Å². The lowest BCUT2D eigenvalue weighted by atomic mass is 10.2. The predicted octanol–water partition coefficient (Wildman–Crippen LogP) is 1.64. The molecular formula is C16H24ClN5O4S. The Labute approximate surface area is 164 Å². The first-order valence-corrected chi connectivity index (χ1v) is 9.59. The number of aromatic nitrogens is 2. The number of carbonyl (C=O) groups excluding carboxylic acids is 1. The van der Waals surface area contributed by atoms with Crippen LogP contribution >= 0.6 is 12.4 Å². The number of rotatable bonds is 8. The van der Waals surface area contributed by atoms with Gasteiger partial charge in [-0.3, -0.25) is 4.79 Å². The highest BCUT2D eigenvalue weighted by Crippen LogP contribution is 2.18. The Morgan fingerprint density at radius 2 is 1.85 bits per heavy atom. The van der Waals surface area contributed by atoms with Crippen molar-refractivity contribution in [2.45, 2.75) is 44.2 Å². The fourth-order valence-corrected chi connectivity index (χ4v) is 3.37. The smallest absolute Gasteiger partial charge is 0.244 e. The number of benzene rings is 1. The van der Waals surface area contributed by atoms with Crippen molar-refractivity contribution in [3.8, 4) is 0 Å². The molecule has 1 aromatic carbocycles. The molecule has 0 saturated heterocycles. The van der Waals surface area contributed by atoms with E-state index in [1.54, 1.807) is 6.92 Å². The fourth-order valence-electron chi connectivity index (χ4n) is 2.17. The number of amides is 1. The lowest BCUT2D eigenvalue weighted by molar-refractivity contribution is -0.114. The summed E-state index contributed by atoms with van der Waals surface area (Å²) in [5, 5.41) is 9.52. The summed E-state index contributed by atoms with van der Waals surface area (Å²) >= 11 is 0. The lowest BCUT2D eigenvalue weighted by Crippen LogP contribution is -2.27. The van der Waals surface area contributed by atoms with Crippen LogP contribution in [0, 0.1) is 0 Å². The molecule has 150 valence electrons. The van der Waals surface area contributed by atoms with Crippen molar-refractivity contribution in [2.75, 3.05) is 12.4 Å². The largest absolute Gasteiger partial charge is 0.338 e. The lowest BCUT2D eigenvalue weighted by Gasteiger charge is -2.11. The molecule has 0 spiro atoms. The highest BCUT2D eigenvalue weighted by Gasteiger charge is 2.22. The van der Waals surface area contributed by atoms with Crippen LogP contribution in [0.15, 0.2) is 33.7 Å². The molecule has 11 heteroatoms. The minimum absolute atomic E-state index is 0. The first kappa shape index (κ1) is 23.0. The standard InChI is InChI=1S/C16H23N5O4S.ClH/c1-10(17-4)9-15-19-16(25-20-15)11(2)21-26(23,24)14-7-5-13(6-8-14)18-12(3)22;/h5-8,10-11,17,21H,9H2,1-4H3,(H,18,22);1H. The molecule has 1 aromatic heterocycles. The minimum atomic E-state index is -3.77. The predicted molar refractivity (Wildman–Crippen MR) is 103 cm³/mol. The van der Waals surface area contributed by atoms with E-state index in [-0.39, 0.29) is 35.1 Å². The molecule has 2 atom stereocenters. The molecule has 1 amide bonds. The number of nitrogens with one attached hydrogen (secondary N) is 3. The van der Waals surface area contributed by atoms with Crippen molar-refractivity contribution in [2.24, 2.45) is 0 Å². The summed E-state index contributed by atoms with van der Waals surface area (Å²) in [6.45, 7) is 4.98. The second-order valence-electron chi connectivity index (χ2n) is 5.99. The molecule has 2 rings (SSSR count). The Kier molecular flexibility index (Phi) is 8.35. The van der Waals surface area contributed by atoms with Gasteiger partial charge in [0.1, 0.15) is 0 Å². The number of halogens is 1. The average Bonchev–Trinajstić information content (AvgIpc) is 3.03. The molecule has 0 saturated carbocycles. The van der Waals surface area contributed by atoms with Gasteiger partial charge >= 0.3 is 0 Å². The molecule has 0 aliphatic rings. The zero-order chi connectivity index (χ0) is 19.3. The van der Waals surface area contributed by atoms with Crippen molar-refractivity contribution in [1.29, 1.82) is 0 Å². The van der Waals surface area contributed by atoms with Crippen LogP contribution in [0.5, 0.6) is 0 Å². The Balaban J connectivity index is 0.00000364. The van der Waals surface area contributed by atoms with E-state index < -0.39 is 16.1 Å². The van der Waals surface area contributed by atoms with Crippen molar-refractivity contribution in [1.82, 2.24) is 20.2 Å². The van der Waals surface area contributed by atoms with Gasteiger partial charge in [-0.2, -0.15) is 9.71 Å². The monoisotopic (exact) mass is 417 g/mol. The van der Waals surface area contributed by atoms with E-state index in [0.29, 0.717) is 17.9 Å². The second kappa shape index (κ2) is 9.79. The summed E-state index contributed by atoms with van der Waals surface area (Å²) < 4.78 is 32.6. The van der Waals surface area contributed by atoms with Gasteiger partial charge in [0, 0.05) is 25.1 Å². The molecule has 0 radical (unpaired) electrons. The van der Waals surface area contributed by atoms with E-state index in [0.717, 1.165) is 0 Å². The molecule has 3 N–H and O–H groups in total. The molecule has 1 heterocycles. The van der Waals surface area contributed by atoms with Crippen molar-refractivity contribution in [3.05, 3.63) is 36.0 Å². The summed E-state index contributed by atoms with van der Waals surface area (Å²) in [6, 6.07) is 5.35. The Morgan fingerprint density at radius 1 is 1.22 bits per heavy atom. The fraction of sp³-hybridized carbons (Fsp3) is 0.438. The van der Waals surface area contributed by atoms with Crippen molar-refractivity contribution in [3.63, 3.8) is 0 Å². The van der Waals surface area contributed by atoms with Gasteiger partial charge in [-0.25, -0.2) is 8.42 Å². The third-order valence-electron chi connectivity index (χ3n) is 3.65. The van der Waals surface area contributed by atoms with Gasteiger partial charge in [-0.1, -0.05) is 5.16 Å². The SMILES string of the molecule is CNC(C)Cc1noc(C(C)NS(=O)(=O)c2ccc(NC(C)=O)cc2)n1.Cl. The van der Waals surface area contributed by atoms with Crippen LogP contribution in [0.1, 0.15) is 38.5 Å². The Morgan fingerprint density at radius 3 is 2.41 bits per heavy atom. The summed E-state index contributed by atoms with van der Waals surface area (Å²) in [4.78, 5) is 15.3. The normalized spacial score (nSPS) is 13.5. The van der Waals surface area contributed by atoms with Gasteiger partial charge < -0.3 is 15.2 Å². The third-order valence-corrected chi connectivity index (χ3v) is 5.21. The highest BCUT2D eigenvalue weighted by molar-refractivity contribution is 7.89. The van der Waals surface area contributed by atoms with Crippen LogP contribution < -0.4 is 15.4 Å². The molecule has 2 unspecified atom stereocenters. The van der Waals surface area contributed by atoms with Crippen LogP contribution in [0.2, 0.25) is 0 Å². The van der Waals surface area contributed by atoms with E-state index in [1.165, 1.54) is 31.2 Å². The number of hydrogen-bond acceptors (Lipinski definition) is 7. The number of sulfonamides is 1. The minimum Gasteiger partial charge on any atom is -0.338 e. The summed E-state index contributed by atoms with van der Waals surface area (Å²) in [7, 11) is -1.94. The maximum absolute atomic E-state index is 12.5. The molecule has 27 heavy (non-hydrogen) atoms. The Bertz CT molecular complexity index is 854. The van der Waals surface area contributed by atoms with Gasteiger partial charge in [-0.15, -0.1) is 12.4 Å². The van der Waals surface area contributed by atoms with Crippen molar-refractivity contribution < 1.29 is 17.7 Å². The van der Waals surface area contributed by atoms with Crippen LogP contribution in [0.25, 0.3) is 0 Å². The summed E-state index contributed by atoms with van der Waals surface area (Å²) in [6.07, 6.45) is 0.573. The topological polar surface area (TPSA) is 126 Å². The van der Waals surface area contributed by atoms with E-state index in [4.69, 9.17) is 4.52 Å². The highest BCUT2D eigenvalue weighted by atomic mass is 35.5. The average molecular weight is 418 g/mol. The number of anilines is 1. The molecule has 0 aliphatic carbocycles. The van der Waals surface area contributed by atoms with E-state index >= 15 is 0 Å². The molecule has 2 aromatic rings. The van der Waals surface area contributed by atoms with E-state index in [9.17, 15) is 13.2 Å². The van der Waals surface area contributed by atoms with Gasteiger partial charge in [0.15, 0.2) is 5.82 Å². The zero-order valence-electron chi connectivity index (χ0n) is 15.5. The van der Waals surface area contributed by atoms with Crippen LogP contribution in [0.3, 0.4) is 0 Å². The molecular weight excluding hydrogens is 394 g/mol. The van der Waals surface area contributed by atoms with Gasteiger partial charge in [0.25, 0.3) is 0 Å². The molecule has 9 nitrogen and oxygen atoms in total. The number of nitrogens with zero attached hydrogens (tertiary/aromatic N) is 2. The molecule has 0 bridgehead atoms. The molecule has 0 aliphatic heterocycles. The third kappa shape index (κ3) is 6.58. The van der Waals surface area contributed by atoms with E-state index in [1.807, 2.05) is 14.0 Å². The van der Waals surface area contributed by atoms with Gasteiger partial charge in [0.05, 0.1) is 10.9 Å². The van der Waals surface area contributed by atoms with Gasteiger partial charge in [-0.05, 0) is 45.2 Å². The maximum Gasteiger partial charge on any atom is 0.244 e. The summed E-state index contributed by atoms with van der Waals surface area (Å²) in [5.74, 6) is 0.474. The number of likely N-dealkylation sites (N-methyl/N-ethyl adjacent to an activating group) is 1.